The number of benzene rings is 1. The highest BCUT2D eigenvalue weighted by Gasteiger charge is 2.17. The molecule has 1 fully saturated rings. The van der Waals surface area contributed by atoms with Crippen molar-refractivity contribution in [3.8, 4) is 0 Å². The predicted octanol–water partition coefficient (Wildman–Crippen LogP) is 3.80. The van der Waals surface area contributed by atoms with Crippen LogP contribution >= 0.6 is 23.4 Å². The van der Waals surface area contributed by atoms with Crippen LogP contribution in [-0.4, -0.2) is 23.0 Å². The minimum absolute atomic E-state index is 0.0876. The molecule has 1 heterocycles. The summed E-state index contributed by atoms with van der Waals surface area (Å²) < 4.78 is 0. The minimum Gasteiger partial charge on any atom is -0.379 e. The number of hydrogen-bond acceptors (Lipinski definition) is 4. The molecule has 0 spiro atoms. The molecule has 1 aromatic carbocycles. The van der Waals surface area contributed by atoms with Gasteiger partial charge >= 0.3 is 0 Å². The van der Waals surface area contributed by atoms with Gasteiger partial charge in [0.15, 0.2) is 0 Å². The Morgan fingerprint density at radius 1 is 1.44 bits per heavy atom. The summed E-state index contributed by atoms with van der Waals surface area (Å²) in [6.45, 7) is 0.780. The number of hydrogen-bond donors (Lipinski definition) is 1. The third-order valence-corrected chi connectivity index (χ3v) is 4.36. The van der Waals surface area contributed by atoms with Gasteiger partial charge in [-0.15, -0.1) is 0 Å². The molecule has 0 bridgehead atoms. The monoisotopic (exact) mass is 286 g/mol. The van der Waals surface area contributed by atoms with Gasteiger partial charge in [0.05, 0.1) is 4.92 Å². The number of thioether (sulfide) groups is 1. The lowest BCUT2D eigenvalue weighted by atomic mass is 10.0. The van der Waals surface area contributed by atoms with Crippen LogP contribution in [0.3, 0.4) is 0 Å². The van der Waals surface area contributed by atoms with Gasteiger partial charge in [-0.25, -0.2) is 0 Å². The zero-order valence-electron chi connectivity index (χ0n) is 9.89. The molecule has 0 unspecified atom stereocenters. The van der Waals surface area contributed by atoms with Gasteiger partial charge in [-0.3, -0.25) is 10.1 Å². The second-order valence-corrected chi connectivity index (χ2v) is 6.02. The van der Waals surface area contributed by atoms with E-state index in [0.29, 0.717) is 16.6 Å². The van der Waals surface area contributed by atoms with Gasteiger partial charge in [0.25, 0.3) is 5.69 Å². The van der Waals surface area contributed by atoms with Crippen LogP contribution in [0.5, 0.6) is 0 Å². The lowest BCUT2D eigenvalue weighted by Crippen LogP contribution is -2.19. The van der Waals surface area contributed by atoms with Crippen molar-refractivity contribution in [2.75, 3.05) is 23.4 Å². The van der Waals surface area contributed by atoms with Crippen molar-refractivity contribution in [1.82, 2.24) is 0 Å². The summed E-state index contributed by atoms with van der Waals surface area (Å²) in [6.07, 6.45) is 2.35. The van der Waals surface area contributed by atoms with Gasteiger partial charge in [0.1, 0.15) is 5.69 Å². The normalized spacial score (nSPS) is 16.5. The van der Waals surface area contributed by atoms with Crippen LogP contribution in [0.25, 0.3) is 0 Å². The Morgan fingerprint density at radius 3 is 2.83 bits per heavy atom. The fourth-order valence-corrected chi connectivity index (χ4v) is 3.39. The lowest BCUT2D eigenvalue weighted by Gasteiger charge is -2.22. The maximum atomic E-state index is 10.9. The van der Waals surface area contributed by atoms with E-state index in [2.05, 4.69) is 5.32 Å². The van der Waals surface area contributed by atoms with Crippen molar-refractivity contribution in [1.29, 1.82) is 0 Å². The molecule has 98 valence electrons. The first-order valence-electron chi connectivity index (χ1n) is 5.92. The molecule has 1 aliphatic heterocycles. The predicted molar refractivity (Wildman–Crippen MR) is 76.6 cm³/mol. The minimum atomic E-state index is -0.380. The fraction of sp³-hybridized carbons (Fsp3) is 0.500. The first-order chi connectivity index (χ1) is 8.66. The number of nitro benzene ring substituents is 1. The highest BCUT2D eigenvalue weighted by atomic mass is 35.5. The maximum Gasteiger partial charge on any atom is 0.292 e. The summed E-state index contributed by atoms with van der Waals surface area (Å²) in [5.74, 6) is 2.97. The Morgan fingerprint density at radius 2 is 2.17 bits per heavy atom. The second-order valence-electron chi connectivity index (χ2n) is 4.36. The Hall–Kier alpha value is -0.940. The summed E-state index contributed by atoms with van der Waals surface area (Å²) in [6, 6.07) is 4.61. The number of rotatable bonds is 4. The molecule has 0 aliphatic carbocycles. The summed E-state index contributed by atoms with van der Waals surface area (Å²) in [7, 11) is 0. The number of anilines is 1. The van der Waals surface area contributed by atoms with E-state index in [-0.39, 0.29) is 10.6 Å². The second kappa shape index (κ2) is 6.29. The van der Waals surface area contributed by atoms with Gasteiger partial charge in [0, 0.05) is 17.6 Å². The van der Waals surface area contributed by atoms with Gasteiger partial charge in [-0.1, -0.05) is 11.6 Å². The SMILES string of the molecule is O=[N+]([O-])c1ccc(Cl)cc1NCC1CCSCC1. The molecule has 1 N–H and O–H groups in total. The third-order valence-electron chi connectivity index (χ3n) is 3.08. The van der Waals surface area contributed by atoms with Crippen LogP contribution in [0.4, 0.5) is 11.4 Å². The summed E-state index contributed by atoms with van der Waals surface area (Å²) >= 11 is 7.85. The summed E-state index contributed by atoms with van der Waals surface area (Å²) in [5, 5.41) is 14.6. The average Bonchev–Trinajstić information content (AvgIpc) is 2.37. The standard InChI is InChI=1S/C12H15ClN2O2S/c13-10-1-2-12(15(16)17)11(7-10)14-8-9-3-5-18-6-4-9/h1-2,7,9,14H,3-6,8H2. The van der Waals surface area contributed by atoms with Crippen LogP contribution in [-0.2, 0) is 0 Å². The topological polar surface area (TPSA) is 55.2 Å². The Bertz CT molecular complexity index is 436. The van der Waals surface area contributed by atoms with Gasteiger partial charge < -0.3 is 5.32 Å². The average molecular weight is 287 g/mol. The van der Waals surface area contributed by atoms with Crippen molar-refractivity contribution in [3.63, 3.8) is 0 Å². The van der Waals surface area contributed by atoms with E-state index < -0.39 is 0 Å². The molecule has 1 aliphatic rings. The molecule has 2 rings (SSSR count). The van der Waals surface area contributed by atoms with E-state index in [1.807, 2.05) is 11.8 Å². The van der Waals surface area contributed by atoms with E-state index in [1.165, 1.54) is 30.4 Å². The van der Waals surface area contributed by atoms with Gasteiger partial charge in [0.2, 0.25) is 0 Å². The highest BCUT2D eigenvalue weighted by Crippen LogP contribution is 2.29. The maximum absolute atomic E-state index is 10.9. The highest BCUT2D eigenvalue weighted by molar-refractivity contribution is 7.99. The molecule has 4 nitrogen and oxygen atoms in total. The van der Waals surface area contributed by atoms with Crippen LogP contribution in [0, 0.1) is 16.0 Å². The summed E-state index contributed by atoms with van der Waals surface area (Å²) in [5.41, 5.74) is 0.607. The van der Waals surface area contributed by atoms with Crippen molar-refractivity contribution in [2.45, 2.75) is 12.8 Å². The smallest absolute Gasteiger partial charge is 0.292 e. The molecule has 0 amide bonds. The van der Waals surface area contributed by atoms with Gasteiger partial charge in [-0.05, 0) is 42.4 Å². The summed E-state index contributed by atoms with van der Waals surface area (Å²) in [4.78, 5) is 10.5. The van der Waals surface area contributed by atoms with E-state index in [1.54, 1.807) is 12.1 Å². The van der Waals surface area contributed by atoms with E-state index in [4.69, 9.17) is 11.6 Å². The molecule has 0 aromatic heterocycles. The molecular formula is C12H15ClN2O2S. The molecule has 0 atom stereocenters. The first kappa shape index (κ1) is 13.5. The molecule has 0 saturated carbocycles. The third kappa shape index (κ3) is 3.53. The van der Waals surface area contributed by atoms with Crippen LogP contribution in [0.1, 0.15) is 12.8 Å². The van der Waals surface area contributed by atoms with Crippen LogP contribution < -0.4 is 5.32 Å². The quantitative estimate of drug-likeness (QED) is 0.675. The van der Waals surface area contributed by atoms with Crippen LogP contribution in [0.15, 0.2) is 18.2 Å². The number of nitrogens with zero attached hydrogens (tertiary/aromatic N) is 1. The lowest BCUT2D eigenvalue weighted by molar-refractivity contribution is -0.384. The van der Waals surface area contributed by atoms with E-state index in [0.717, 1.165) is 6.54 Å². The Kier molecular flexibility index (Phi) is 4.72. The molecule has 0 radical (unpaired) electrons. The molecule has 1 saturated heterocycles. The molecule has 6 heteroatoms. The van der Waals surface area contributed by atoms with E-state index >= 15 is 0 Å². The Balaban J connectivity index is 2.03. The fourth-order valence-electron chi connectivity index (χ4n) is 2.01. The zero-order valence-corrected chi connectivity index (χ0v) is 11.5. The number of halogens is 1. The largest absolute Gasteiger partial charge is 0.379 e. The molecular weight excluding hydrogens is 272 g/mol. The zero-order chi connectivity index (χ0) is 13.0. The molecule has 18 heavy (non-hydrogen) atoms. The van der Waals surface area contributed by atoms with Crippen molar-refractivity contribution >= 4 is 34.7 Å². The van der Waals surface area contributed by atoms with Crippen LogP contribution in [0.2, 0.25) is 5.02 Å². The van der Waals surface area contributed by atoms with Crippen molar-refractivity contribution in [3.05, 3.63) is 33.3 Å². The van der Waals surface area contributed by atoms with Crippen molar-refractivity contribution < 1.29 is 4.92 Å². The van der Waals surface area contributed by atoms with Crippen molar-refractivity contribution in [2.24, 2.45) is 5.92 Å². The number of nitrogens with one attached hydrogen (secondary N) is 1. The first-order valence-corrected chi connectivity index (χ1v) is 7.45. The molecule has 1 aromatic rings. The Labute approximate surface area is 115 Å². The van der Waals surface area contributed by atoms with E-state index in [9.17, 15) is 10.1 Å². The van der Waals surface area contributed by atoms with Gasteiger partial charge in [-0.2, -0.15) is 11.8 Å². The number of nitro groups is 1.